The molecular formula is C8H18O2. The van der Waals surface area contributed by atoms with E-state index in [0.717, 1.165) is 19.3 Å². The van der Waals surface area contributed by atoms with Crippen molar-refractivity contribution in [3.8, 4) is 0 Å². The number of hydrogen-bond acceptors (Lipinski definition) is 2. The van der Waals surface area contributed by atoms with Crippen molar-refractivity contribution >= 4 is 0 Å². The number of aliphatic hydroxyl groups excluding tert-OH is 2. The molecule has 0 amide bonds. The Morgan fingerprint density at radius 1 is 1.40 bits per heavy atom. The second kappa shape index (κ2) is 5.69. The lowest BCUT2D eigenvalue weighted by Gasteiger charge is -2.15. The van der Waals surface area contributed by atoms with E-state index in [0.29, 0.717) is 0 Å². The Bertz CT molecular complexity index is 73.7. The maximum atomic E-state index is 9.10. The van der Waals surface area contributed by atoms with Crippen LogP contribution in [-0.2, 0) is 0 Å². The lowest BCUT2D eigenvalue weighted by molar-refractivity contribution is 0.0496. The van der Waals surface area contributed by atoms with Gasteiger partial charge in [0.25, 0.3) is 0 Å². The van der Waals surface area contributed by atoms with Crippen LogP contribution in [0.25, 0.3) is 0 Å². The minimum atomic E-state index is -0.522. The molecule has 0 saturated heterocycles. The molecule has 0 fully saturated rings. The third-order valence-electron chi connectivity index (χ3n) is 1.86. The highest BCUT2D eigenvalue weighted by atomic mass is 16.3. The quantitative estimate of drug-likeness (QED) is 0.611. The summed E-state index contributed by atoms with van der Waals surface area (Å²) >= 11 is 0. The average molecular weight is 146 g/mol. The van der Waals surface area contributed by atoms with Gasteiger partial charge in [-0.1, -0.05) is 26.7 Å². The topological polar surface area (TPSA) is 40.5 Å². The second-order valence-electron chi connectivity index (χ2n) is 2.87. The summed E-state index contributed by atoms with van der Waals surface area (Å²) in [6.07, 6.45) is 2.78. The Morgan fingerprint density at radius 3 is 2.40 bits per heavy atom. The van der Waals surface area contributed by atoms with Gasteiger partial charge in [-0.05, 0) is 12.3 Å². The van der Waals surface area contributed by atoms with Crippen LogP contribution in [0.4, 0.5) is 0 Å². The molecule has 2 nitrogen and oxygen atoms in total. The van der Waals surface area contributed by atoms with E-state index in [4.69, 9.17) is 10.2 Å². The summed E-state index contributed by atoms with van der Waals surface area (Å²) in [5, 5.41) is 17.7. The maximum Gasteiger partial charge on any atom is 0.0796 e. The van der Waals surface area contributed by atoms with Crippen molar-refractivity contribution in [2.75, 3.05) is 6.61 Å². The van der Waals surface area contributed by atoms with Gasteiger partial charge in [-0.2, -0.15) is 0 Å². The van der Waals surface area contributed by atoms with Crippen molar-refractivity contribution in [3.05, 3.63) is 0 Å². The molecule has 0 heterocycles. The van der Waals surface area contributed by atoms with Crippen LogP contribution in [0.15, 0.2) is 0 Å². The first kappa shape index (κ1) is 9.92. The first-order chi connectivity index (χ1) is 4.72. The van der Waals surface area contributed by atoms with Crippen molar-refractivity contribution < 1.29 is 10.2 Å². The summed E-state index contributed by atoms with van der Waals surface area (Å²) in [6.45, 7) is 3.99. The number of hydrogen-bond donors (Lipinski definition) is 2. The minimum absolute atomic E-state index is 0.106. The van der Waals surface area contributed by atoms with E-state index in [2.05, 4.69) is 6.92 Å². The predicted molar refractivity (Wildman–Crippen MR) is 41.8 cm³/mol. The van der Waals surface area contributed by atoms with Crippen LogP contribution >= 0.6 is 0 Å². The van der Waals surface area contributed by atoms with Crippen LogP contribution in [0.5, 0.6) is 0 Å². The van der Waals surface area contributed by atoms with Crippen molar-refractivity contribution in [2.45, 2.75) is 39.2 Å². The van der Waals surface area contributed by atoms with Gasteiger partial charge < -0.3 is 10.2 Å². The van der Waals surface area contributed by atoms with E-state index in [1.807, 2.05) is 6.92 Å². The smallest absolute Gasteiger partial charge is 0.0796 e. The Hall–Kier alpha value is -0.0800. The van der Waals surface area contributed by atoms with Crippen LogP contribution < -0.4 is 0 Å². The van der Waals surface area contributed by atoms with Gasteiger partial charge in [0.1, 0.15) is 0 Å². The molecule has 0 unspecified atom stereocenters. The summed E-state index contributed by atoms with van der Waals surface area (Å²) in [7, 11) is 0. The normalized spacial score (nSPS) is 16.8. The Kier molecular flexibility index (Phi) is 5.64. The third-order valence-corrected chi connectivity index (χ3v) is 1.86. The molecule has 0 radical (unpaired) electrons. The maximum absolute atomic E-state index is 9.10. The highest BCUT2D eigenvalue weighted by molar-refractivity contribution is 4.62. The summed E-state index contributed by atoms with van der Waals surface area (Å²) in [5.41, 5.74) is 0. The SMILES string of the molecule is CCCC[C@@H](C)[C@@H](O)CO. The van der Waals surface area contributed by atoms with Crippen LogP contribution in [-0.4, -0.2) is 22.9 Å². The van der Waals surface area contributed by atoms with E-state index < -0.39 is 6.10 Å². The first-order valence-corrected chi connectivity index (χ1v) is 4.01. The fourth-order valence-electron chi connectivity index (χ4n) is 0.898. The largest absolute Gasteiger partial charge is 0.394 e. The Labute approximate surface area is 62.9 Å². The van der Waals surface area contributed by atoms with Gasteiger partial charge in [-0.25, -0.2) is 0 Å². The van der Waals surface area contributed by atoms with Crippen molar-refractivity contribution in [1.82, 2.24) is 0 Å². The molecule has 0 aliphatic heterocycles. The third kappa shape index (κ3) is 3.85. The predicted octanol–water partition coefficient (Wildman–Crippen LogP) is 1.17. The monoisotopic (exact) mass is 146 g/mol. The van der Waals surface area contributed by atoms with Gasteiger partial charge in [0.15, 0.2) is 0 Å². The molecule has 0 saturated carbocycles. The van der Waals surface area contributed by atoms with Crippen molar-refractivity contribution in [1.29, 1.82) is 0 Å². The standard InChI is InChI=1S/C8H18O2/c1-3-4-5-7(2)8(10)6-9/h7-10H,3-6H2,1-2H3/t7-,8+/m1/s1. The second-order valence-corrected chi connectivity index (χ2v) is 2.87. The van der Waals surface area contributed by atoms with Gasteiger partial charge in [0.05, 0.1) is 12.7 Å². The molecule has 0 spiro atoms. The zero-order valence-electron chi connectivity index (χ0n) is 6.88. The lowest BCUT2D eigenvalue weighted by Crippen LogP contribution is -2.21. The van der Waals surface area contributed by atoms with Gasteiger partial charge in [0, 0.05) is 0 Å². The molecule has 0 aliphatic rings. The summed E-state index contributed by atoms with van der Waals surface area (Å²) in [4.78, 5) is 0. The van der Waals surface area contributed by atoms with Gasteiger partial charge in [-0.3, -0.25) is 0 Å². The molecule has 0 rings (SSSR count). The van der Waals surface area contributed by atoms with Gasteiger partial charge in [-0.15, -0.1) is 0 Å². The van der Waals surface area contributed by atoms with E-state index in [-0.39, 0.29) is 12.5 Å². The van der Waals surface area contributed by atoms with Crippen LogP contribution in [0.3, 0.4) is 0 Å². The highest BCUT2D eigenvalue weighted by Crippen LogP contribution is 2.11. The van der Waals surface area contributed by atoms with Crippen molar-refractivity contribution in [3.63, 3.8) is 0 Å². The molecule has 0 aromatic rings. The Balaban J connectivity index is 3.31. The fourth-order valence-corrected chi connectivity index (χ4v) is 0.898. The van der Waals surface area contributed by atoms with E-state index >= 15 is 0 Å². The minimum Gasteiger partial charge on any atom is -0.394 e. The molecule has 2 atom stereocenters. The Morgan fingerprint density at radius 2 is 2.00 bits per heavy atom. The molecular weight excluding hydrogens is 128 g/mol. The zero-order valence-corrected chi connectivity index (χ0v) is 6.88. The highest BCUT2D eigenvalue weighted by Gasteiger charge is 2.11. The molecule has 10 heavy (non-hydrogen) atoms. The number of unbranched alkanes of at least 4 members (excludes halogenated alkanes) is 1. The van der Waals surface area contributed by atoms with Crippen LogP contribution in [0.1, 0.15) is 33.1 Å². The molecule has 0 aromatic carbocycles. The van der Waals surface area contributed by atoms with Gasteiger partial charge >= 0.3 is 0 Å². The van der Waals surface area contributed by atoms with E-state index in [9.17, 15) is 0 Å². The molecule has 0 bridgehead atoms. The first-order valence-electron chi connectivity index (χ1n) is 4.01. The summed E-state index contributed by atoms with van der Waals surface area (Å²) in [6, 6.07) is 0. The van der Waals surface area contributed by atoms with Crippen molar-refractivity contribution in [2.24, 2.45) is 5.92 Å². The van der Waals surface area contributed by atoms with Crippen LogP contribution in [0, 0.1) is 5.92 Å². The molecule has 62 valence electrons. The summed E-state index contributed by atoms with van der Waals surface area (Å²) in [5.74, 6) is 0.241. The summed E-state index contributed by atoms with van der Waals surface area (Å²) < 4.78 is 0. The van der Waals surface area contributed by atoms with Gasteiger partial charge in [0.2, 0.25) is 0 Å². The van der Waals surface area contributed by atoms with Crippen LogP contribution in [0.2, 0.25) is 0 Å². The molecule has 0 aliphatic carbocycles. The average Bonchev–Trinajstić information content (AvgIpc) is 1.98. The number of aliphatic hydroxyl groups is 2. The van der Waals surface area contributed by atoms with E-state index in [1.54, 1.807) is 0 Å². The van der Waals surface area contributed by atoms with E-state index in [1.165, 1.54) is 0 Å². The molecule has 2 N–H and O–H groups in total. The lowest BCUT2D eigenvalue weighted by atomic mass is 9.99. The zero-order chi connectivity index (χ0) is 7.98. The fraction of sp³-hybridized carbons (Fsp3) is 1.00. The molecule has 2 heteroatoms. The molecule has 0 aromatic heterocycles. The number of rotatable bonds is 5.